The average molecular weight is 457 g/mol. The molecule has 0 unspecified atom stereocenters. The van der Waals surface area contributed by atoms with Crippen LogP contribution in [0.4, 0.5) is 5.69 Å². The number of aryl methyl sites for hydroxylation is 2. The Bertz CT molecular complexity index is 1310. The topological polar surface area (TPSA) is 104 Å². The molecule has 32 heavy (non-hydrogen) atoms. The summed E-state index contributed by atoms with van der Waals surface area (Å²) in [5.74, 6) is 0.435. The van der Waals surface area contributed by atoms with Gasteiger partial charge in [-0.15, -0.1) is 0 Å². The molecule has 1 aromatic heterocycles. The number of nitrogens with zero attached hydrogens (tertiary/aromatic N) is 1. The quantitative estimate of drug-likeness (QED) is 0.586. The Labute approximate surface area is 186 Å². The van der Waals surface area contributed by atoms with Crippen molar-refractivity contribution in [3.63, 3.8) is 0 Å². The summed E-state index contributed by atoms with van der Waals surface area (Å²) in [7, 11) is -1.08. The predicted octanol–water partition coefficient (Wildman–Crippen LogP) is 2.95. The lowest BCUT2D eigenvalue weighted by Gasteiger charge is -2.16. The van der Waals surface area contributed by atoms with Crippen molar-refractivity contribution < 1.29 is 22.7 Å². The highest BCUT2D eigenvalue weighted by molar-refractivity contribution is 7.91. The van der Waals surface area contributed by atoms with Crippen LogP contribution in [-0.4, -0.2) is 33.1 Å². The summed E-state index contributed by atoms with van der Waals surface area (Å²) in [6, 6.07) is 14.2. The molecular formula is C23H24N2O6S. The summed E-state index contributed by atoms with van der Waals surface area (Å²) >= 11 is 0. The SMILES string of the molecule is COc1ccc(NC(=O)Cn2c(C)cc(C)c(S(=O)(=O)c3ccccc3)c2=O)c(OC)c1. The van der Waals surface area contributed by atoms with Crippen LogP contribution in [0.15, 0.2) is 69.2 Å². The minimum atomic E-state index is -4.05. The number of hydrogen-bond acceptors (Lipinski definition) is 6. The number of methoxy groups -OCH3 is 2. The maximum Gasteiger partial charge on any atom is 0.270 e. The maximum atomic E-state index is 13.2. The van der Waals surface area contributed by atoms with Crippen molar-refractivity contribution in [2.45, 2.75) is 30.2 Å². The zero-order valence-corrected chi connectivity index (χ0v) is 19.0. The Kier molecular flexibility index (Phi) is 6.69. The first kappa shape index (κ1) is 23.1. The van der Waals surface area contributed by atoms with Gasteiger partial charge in [0, 0.05) is 11.8 Å². The number of anilines is 1. The van der Waals surface area contributed by atoms with E-state index in [-0.39, 0.29) is 16.3 Å². The Morgan fingerprint density at radius 3 is 2.31 bits per heavy atom. The minimum absolute atomic E-state index is 0.0167. The van der Waals surface area contributed by atoms with Crippen LogP contribution >= 0.6 is 0 Å². The molecule has 1 amide bonds. The first-order valence-electron chi connectivity index (χ1n) is 9.72. The van der Waals surface area contributed by atoms with Crippen LogP contribution in [0.1, 0.15) is 11.3 Å². The van der Waals surface area contributed by atoms with Gasteiger partial charge in [-0.05, 0) is 49.7 Å². The van der Waals surface area contributed by atoms with E-state index in [9.17, 15) is 18.0 Å². The van der Waals surface area contributed by atoms with Crippen LogP contribution in [0.2, 0.25) is 0 Å². The second kappa shape index (κ2) is 9.27. The van der Waals surface area contributed by atoms with Gasteiger partial charge in [-0.1, -0.05) is 18.2 Å². The highest BCUT2D eigenvalue weighted by Crippen LogP contribution is 2.29. The van der Waals surface area contributed by atoms with E-state index in [1.165, 1.54) is 26.4 Å². The zero-order valence-electron chi connectivity index (χ0n) is 18.2. The number of aromatic nitrogens is 1. The van der Waals surface area contributed by atoms with Gasteiger partial charge in [0.2, 0.25) is 15.7 Å². The van der Waals surface area contributed by atoms with E-state index in [1.807, 2.05) is 0 Å². The van der Waals surface area contributed by atoms with E-state index in [2.05, 4.69) is 5.32 Å². The van der Waals surface area contributed by atoms with Crippen molar-refractivity contribution >= 4 is 21.4 Å². The Morgan fingerprint density at radius 2 is 1.69 bits per heavy atom. The molecule has 1 heterocycles. The van der Waals surface area contributed by atoms with Crippen molar-refractivity contribution in [2.75, 3.05) is 19.5 Å². The van der Waals surface area contributed by atoms with Crippen LogP contribution in [0.25, 0.3) is 0 Å². The number of hydrogen-bond donors (Lipinski definition) is 1. The van der Waals surface area contributed by atoms with E-state index in [4.69, 9.17) is 9.47 Å². The highest BCUT2D eigenvalue weighted by atomic mass is 32.2. The lowest BCUT2D eigenvalue weighted by atomic mass is 10.2. The molecule has 0 saturated heterocycles. The van der Waals surface area contributed by atoms with Crippen LogP contribution in [0.5, 0.6) is 11.5 Å². The van der Waals surface area contributed by atoms with E-state index < -0.39 is 21.3 Å². The molecule has 0 aliphatic heterocycles. The number of ether oxygens (including phenoxy) is 2. The summed E-state index contributed by atoms with van der Waals surface area (Å²) in [6.45, 7) is 2.85. The van der Waals surface area contributed by atoms with Gasteiger partial charge in [-0.25, -0.2) is 8.42 Å². The number of sulfone groups is 1. The first-order chi connectivity index (χ1) is 15.2. The zero-order chi connectivity index (χ0) is 23.5. The maximum absolute atomic E-state index is 13.2. The van der Waals surface area contributed by atoms with Gasteiger partial charge in [0.25, 0.3) is 5.56 Å². The normalized spacial score (nSPS) is 11.1. The molecule has 0 fully saturated rings. The Hall–Kier alpha value is -3.59. The molecule has 0 bridgehead atoms. The lowest BCUT2D eigenvalue weighted by molar-refractivity contribution is -0.116. The van der Waals surface area contributed by atoms with Crippen LogP contribution in [0.3, 0.4) is 0 Å². The molecule has 1 N–H and O–H groups in total. The molecule has 9 heteroatoms. The standard InChI is InChI=1S/C23H24N2O6S/c1-15-12-16(2)25(23(27)22(15)32(28,29)18-8-6-5-7-9-18)14-21(26)24-19-11-10-17(30-3)13-20(19)31-4/h5-13H,14H2,1-4H3,(H,24,26). The average Bonchev–Trinajstić information content (AvgIpc) is 2.77. The molecule has 0 aliphatic carbocycles. The van der Waals surface area contributed by atoms with Crippen LogP contribution in [-0.2, 0) is 21.2 Å². The fourth-order valence-corrected chi connectivity index (χ4v) is 4.96. The first-order valence-corrected chi connectivity index (χ1v) is 11.2. The molecule has 168 valence electrons. The third-order valence-electron chi connectivity index (χ3n) is 4.96. The minimum Gasteiger partial charge on any atom is -0.497 e. The van der Waals surface area contributed by atoms with E-state index >= 15 is 0 Å². The summed E-state index contributed by atoms with van der Waals surface area (Å²) in [5, 5.41) is 2.69. The molecule has 2 aromatic carbocycles. The molecule has 0 radical (unpaired) electrons. The fourth-order valence-electron chi connectivity index (χ4n) is 3.38. The van der Waals surface area contributed by atoms with E-state index in [0.29, 0.717) is 28.4 Å². The number of benzene rings is 2. The molecule has 0 aliphatic rings. The van der Waals surface area contributed by atoms with E-state index in [1.54, 1.807) is 56.3 Å². The number of amides is 1. The summed E-state index contributed by atoms with van der Waals surface area (Å²) in [4.78, 5) is 25.6. The second-order valence-electron chi connectivity index (χ2n) is 7.12. The van der Waals surface area contributed by atoms with Gasteiger partial charge in [0.05, 0.1) is 24.8 Å². The highest BCUT2D eigenvalue weighted by Gasteiger charge is 2.26. The van der Waals surface area contributed by atoms with Crippen molar-refractivity contribution in [2.24, 2.45) is 0 Å². The van der Waals surface area contributed by atoms with Crippen molar-refractivity contribution in [3.05, 3.63) is 76.2 Å². The number of carbonyl (C=O) groups excluding carboxylic acids is 1. The molecule has 8 nitrogen and oxygen atoms in total. The summed E-state index contributed by atoms with van der Waals surface area (Å²) in [5.41, 5.74) is 0.442. The Morgan fingerprint density at radius 1 is 1.00 bits per heavy atom. The van der Waals surface area contributed by atoms with Gasteiger partial charge < -0.3 is 19.4 Å². The lowest BCUT2D eigenvalue weighted by Crippen LogP contribution is -2.33. The fraction of sp³-hybridized carbons (Fsp3) is 0.217. The molecular weight excluding hydrogens is 432 g/mol. The number of rotatable bonds is 7. The van der Waals surface area contributed by atoms with Gasteiger partial charge in [0.15, 0.2) is 0 Å². The number of pyridine rings is 1. The molecule has 0 spiro atoms. The van der Waals surface area contributed by atoms with Crippen molar-refractivity contribution in [1.29, 1.82) is 0 Å². The molecule has 3 aromatic rings. The monoisotopic (exact) mass is 456 g/mol. The largest absolute Gasteiger partial charge is 0.497 e. The summed E-state index contributed by atoms with van der Waals surface area (Å²) < 4.78 is 37.8. The smallest absolute Gasteiger partial charge is 0.270 e. The number of nitrogens with one attached hydrogen (secondary N) is 1. The summed E-state index contributed by atoms with van der Waals surface area (Å²) in [6.07, 6.45) is 0. The van der Waals surface area contributed by atoms with Crippen molar-refractivity contribution in [3.8, 4) is 11.5 Å². The van der Waals surface area contributed by atoms with E-state index in [0.717, 1.165) is 4.57 Å². The predicted molar refractivity (Wildman–Crippen MR) is 120 cm³/mol. The van der Waals surface area contributed by atoms with Crippen LogP contribution < -0.4 is 20.3 Å². The Balaban J connectivity index is 1.97. The van der Waals surface area contributed by atoms with Gasteiger partial charge in [-0.3, -0.25) is 9.59 Å². The second-order valence-corrected chi connectivity index (χ2v) is 9.01. The van der Waals surface area contributed by atoms with Gasteiger partial charge >= 0.3 is 0 Å². The third-order valence-corrected chi connectivity index (χ3v) is 6.88. The molecule has 0 saturated carbocycles. The van der Waals surface area contributed by atoms with Crippen LogP contribution in [0, 0.1) is 13.8 Å². The van der Waals surface area contributed by atoms with Crippen molar-refractivity contribution in [1.82, 2.24) is 4.57 Å². The molecule has 0 atom stereocenters. The number of carbonyl (C=O) groups is 1. The third kappa shape index (κ3) is 4.52. The van der Waals surface area contributed by atoms with Gasteiger partial charge in [0.1, 0.15) is 22.9 Å². The van der Waals surface area contributed by atoms with Gasteiger partial charge in [-0.2, -0.15) is 0 Å². The molecule has 3 rings (SSSR count).